The molecule has 1 aliphatic heterocycles. The molecule has 3 heteroatoms. The summed E-state index contributed by atoms with van der Waals surface area (Å²) < 4.78 is 0. The van der Waals surface area contributed by atoms with Crippen molar-refractivity contribution in [1.29, 1.82) is 0 Å². The van der Waals surface area contributed by atoms with Crippen LogP contribution < -0.4 is 4.90 Å². The van der Waals surface area contributed by atoms with Crippen LogP contribution in [0.5, 0.6) is 0 Å². The number of rotatable bonds is 2. The summed E-state index contributed by atoms with van der Waals surface area (Å²) in [5.41, 5.74) is 1.40. The van der Waals surface area contributed by atoms with E-state index in [4.69, 9.17) is 0 Å². The molecule has 1 aromatic rings. The first-order valence-corrected chi connectivity index (χ1v) is 6.37. The van der Waals surface area contributed by atoms with Crippen molar-refractivity contribution in [2.45, 2.75) is 39.7 Å². The van der Waals surface area contributed by atoms with Crippen molar-refractivity contribution in [2.24, 2.45) is 5.41 Å². The third-order valence-corrected chi connectivity index (χ3v) is 3.69. The van der Waals surface area contributed by atoms with Gasteiger partial charge in [0.2, 0.25) is 0 Å². The molecule has 1 aromatic heterocycles. The highest BCUT2D eigenvalue weighted by atomic mass is 16.3. The molecule has 0 aliphatic carbocycles. The smallest absolute Gasteiger partial charge is 0.128 e. The van der Waals surface area contributed by atoms with Crippen LogP contribution in [0.4, 0.5) is 5.82 Å². The molecule has 2 rings (SSSR count). The predicted molar refractivity (Wildman–Crippen MR) is 70.1 cm³/mol. The number of aromatic nitrogens is 1. The Morgan fingerprint density at radius 1 is 1.35 bits per heavy atom. The van der Waals surface area contributed by atoms with Gasteiger partial charge in [-0.3, -0.25) is 0 Å². The number of piperidine rings is 1. The molecule has 1 atom stereocenters. The first-order chi connectivity index (χ1) is 7.98. The van der Waals surface area contributed by atoms with E-state index in [2.05, 4.69) is 23.7 Å². The molecule has 0 bridgehead atoms. The number of pyridine rings is 1. The van der Waals surface area contributed by atoms with E-state index in [0.717, 1.165) is 24.5 Å². The maximum atomic E-state index is 9.58. The highest BCUT2D eigenvalue weighted by molar-refractivity contribution is 5.42. The van der Waals surface area contributed by atoms with Crippen molar-refractivity contribution in [2.75, 3.05) is 18.0 Å². The second-order valence-corrected chi connectivity index (χ2v) is 5.77. The summed E-state index contributed by atoms with van der Waals surface area (Å²) in [5, 5.41) is 9.58. The van der Waals surface area contributed by atoms with Crippen LogP contribution in [0.15, 0.2) is 18.3 Å². The molecule has 1 fully saturated rings. The average molecular weight is 234 g/mol. The topological polar surface area (TPSA) is 36.4 Å². The predicted octanol–water partition coefficient (Wildman–Crippen LogP) is 2.76. The SMILES string of the molecule is C[C@@H](O)c1ccnc(N2CCC(C)(C)CC2)c1. The van der Waals surface area contributed by atoms with Crippen LogP contribution in [0.2, 0.25) is 0 Å². The fourth-order valence-corrected chi connectivity index (χ4v) is 2.21. The van der Waals surface area contributed by atoms with Crippen molar-refractivity contribution in [3.05, 3.63) is 23.9 Å². The Hall–Kier alpha value is -1.09. The van der Waals surface area contributed by atoms with Crippen LogP contribution in [0.25, 0.3) is 0 Å². The van der Waals surface area contributed by atoms with Gasteiger partial charge in [0.05, 0.1) is 6.10 Å². The van der Waals surface area contributed by atoms with Gasteiger partial charge in [0.1, 0.15) is 5.82 Å². The van der Waals surface area contributed by atoms with Gasteiger partial charge in [-0.05, 0) is 42.9 Å². The van der Waals surface area contributed by atoms with Gasteiger partial charge >= 0.3 is 0 Å². The van der Waals surface area contributed by atoms with E-state index in [1.165, 1.54) is 12.8 Å². The number of nitrogens with zero attached hydrogens (tertiary/aromatic N) is 2. The summed E-state index contributed by atoms with van der Waals surface area (Å²) in [5.74, 6) is 0.999. The number of anilines is 1. The van der Waals surface area contributed by atoms with Gasteiger partial charge in [-0.2, -0.15) is 0 Å². The molecule has 0 radical (unpaired) electrons. The van der Waals surface area contributed by atoms with Gasteiger partial charge in [0, 0.05) is 19.3 Å². The Morgan fingerprint density at radius 2 is 2.00 bits per heavy atom. The van der Waals surface area contributed by atoms with Crippen molar-refractivity contribution in [3.8, 4) is 0 Å². The molecule has 17 heavy (non-hydrogen) atoms. The largest absolute Gasteiger partial charge is 0.389 e. The van der Waals surface area contributed by atoms with Gasteiger partial charge in [0.15, 0.2) is 0 Å². The number of aliphatic hydroxyl groups excluding tert-OH is 1. The molecule has 3 nitrogen and oxygen atoms in total. The summed E-state index contributed by atoms with van der Waals surface area (Å²) in [6, 6.07) is 3.88. The molecular formula is C14H22N2O. The third kappa shape index (κ3) is 2.97. The van der Waals surface area contributed by atoms with Crippen LogP contribution in [-0.2, 0) is 0 Å². The number of hydrogen-bond donors (Lipinski definition) is 1. The van der Waals surface area contributed by atoms with Crippen molar-refractivity contribution < 1.29 is 5.11 Å². The zero-order chi connectivity index (χ0) is 12.5. The minimum atomic E-state index is -0.419. The monoisotopic (exact) mass is 234 g/mol. The molecular weight excluding hydrogens is 212 g/mol. The first-order valence-electron chi connectivity index (χ1n) is 6.37. The first kappa shape index (κ1) is 12.4. The molecule has 1 aliphatic rings. The molecule has 1 N–H and O–H groups in total. The van der Waals surface area contributed by atoms with E-state index in [1.54, 1.807) is 13.1 Å². The average Bonchev–Trinajstić information content (AvgIpc) is 2.29. The molecule has 1 saturated heterocycles. The van der Waals surface area contributed by atoms with Crippen LogP contribution >= 0.6 is 0 Å². The van der Waals surface area contributed by atoms with Gasteiger partial charge in [-0.25, -0.2) is 4.98 Å². The second kappa shape index (κ2) is 4.65. The Kier molecular flexibility index (Phi) is 3.38. The van der Waals surface area contributed by atoms with Crippen LogP contribution in [0, 0.1) is 5.41 Å². The van der Waals surface area contributed by atoms with Crippen LogP contribution in [0.3, 0.4) is 0 Å². The Morgan fingerprint density at radius 3 is 2.59 bits per heavy atom. The summed E-state index contributed by atoms with van der Waals surface area (Å²) in [4.78, 5) is 6.72. The zero-order valence-electron chi connectivity index (χ0n) is 11.0. The molecule has 0 aromatic carbocycles. The van der Waals surface area contributed by atoms with Gasteiger partial charge in [0.25, 0.3) is 0 Å². The lowest BCUT2D eigenvalue weighted by atomic mass is 9.83. The lowest BCUT2D eigenvalue weighted by Crippen LogP contribution is -2.37. The molecule has 2 heterocycles. The van der Waals surface area contributed by atoms with E-state index in [1.807, 2.05) is 12.1 Å². The fourth-order valence-electron chi connectivity index (χ4n) is 2.21. The number of hydrogen-bond acceptors (Lipinski definition) is 3. The molecule has 0 saturated carbocycles. The lowest BCUT2D eigenvalue weighted by Gasteiger charge is -2.37. The van der Waals surface area contributed by atoms with E-state index in [9.17, 15) is 5.11 Å². The Bertz CT molecular complexity index is 378. The van der Waals surface area contributed by atoms with Crippen LogP contribution in [-0.4, -0.2) is 23.2 Å². The standard InChI is InChI=1S/C14H22N2O/c1-11(17)12-4-7-15-13(10-12)16-8-5-14(2,3)6-9-16/h4,7,10-11,17H,5-6,8-9H2,1-3H3/t11-/m1/s1. The van der Waals surface area contributed by atoms with E-state index in [-0.39, 0.29) is 0 Å². The van der Waals surface area contributed by atoms with Crippen molar-refractivity contribution in [3.63, 3.8) is 0 Å². The molecule has 0 unspecified atom stereocenters. The minimum Gasteiger partial charge on any atom is -0.389 e. The maximum Gasteiger partial charge on any atom is 0.128 e. The summed E-state index contributed by atoms with van der Waals surface area (Å²) in [7, 11) is 0. The summed E-state index contributed by atoms with van der Waals surface area (Å²) in [6.45, 7) is 8.55. The lowest BCUT2D eigenvalue weighted by molar-refractivity contribution is 0.199. The third-order valence-electron chi connectivity index (χ3n) is 3.69. The van der Waals surface area contributed by atoms with Gasteiger partial charge in [-0.1, -0.05) is 13.8 Å². The summed E-state index contributed by atoms with van der Waals surface area (Å²) >= 11 is 0. The molecule has 0 spiro atoms. The maximum absolute atomic E-state index is 9.58. The van der Waals surface area contributed by atoms with E-state index >= 15 is 0 Å². The van der Waals surface area contributed by atoms with Gasteiger partial charge in [-0.15, -0.1) is 0 Å². The van der Waals surface area contributed by atoms with E-state index < -0.39 is 6.10 Å². The number of aliphatic hydroxyl groups is 1. The van der Waals surface area contributed by atoms with E-state index in [0.29, 0.717) is 5.41 Å². The van der Waals surface area contributed by atoms with Crippen molar-refractivity contribution >= 4 is 5.82 Å². The molecule has 0 amide bonds. The fraction of sp³-hybridized carbons (Fsp3) is 0.643. The second-order valence-electron chi connectivity index (χ2n) is 5.77. The Balaban J connectivity index is 2.10. The highest BCUT2D eigenvalue weighted by Gasteiger charge is 2.25. The highest BCUT2D eigenvalue weighted by Crippen LogP contribution is 2.31. The minimum absolute atomic E-state index is 0.419. The van der Waals surface area contributed by atoms with Crippen molar-refractivity contribution in [1.82, 2.24) is 4.98 Å². The molecule has 94 valence electrons. The Labute approximate surface area is 103 Å². The van der Waals surface area contributed by atoms with Crippen LogP contribution in [0.1, 0.15) is 45.3 Å². The van der Waals surface area contributed by atoms with Gasteiger partial charge < -0.3 is 10.0 Å². The zero-order valence-corrected chi connectivity index (χ0v) is 11.0. The summed E-state index contributed by atoms with van der Waals surface area (Å²) in [6.07, 6.45) is 3.77. The normalized spacial score (nSPS) is 21.3. The quantitative estimate of drug-likeness (QED) is 0.854.